The number of aromatic nitrogens is 2. The van der Waals surface area contributed by atoms with Crippen LogP contribution in [0.15, 0.2) is 60.7 Å². The first-order valence-electron chi connectivity index (χ1n) is 14.0. The normalized spacial score (nSPS) is 17.4. The Labute approximate surface area is 235 Å². The van der Waals surface area contributed by atoms with E-state index in [1.165, 1.54) is 5.56 Å². The highest BCUT2D eigenvalue weighted by molar-refractivity contribution is 5.97. The van der Waals surface area contributed by atoms with Crippen molar-refractivity contribution in [3.05, 3.63) is 71.8 Å². The highest BCUT2D eigenvalue weighted by atomic mass is 16.5. The molecule has 3 aromatic rings. The molecular formula is C31H37N5O4. The van der Waals surface area contributed by atoms with Crippen LogP contribution in [0.4, 0.5) is 5.82 Å². The van der Waals surface area contributed by atoms with Crippen LogP contribution >= 0.6 is 0 Å². The summed E-state index contributed by atoms with van der Waals surface area (Å²) < 4.78 is 11.1. The predicted octanol–water partition coefficient (Wildman–Crippen LogP) is 3.82. The largest absolute Gasteiger partial charge is 0.497 e. The lowest BCUT2D eigenvalue weighted by molar-refractivity contribution is -0.132. The van der Waals surface area contributed by atoms with Gasteiger partial charge in [0.15, 0.2) is 5.82 Å². The Balaban J connectivity index is 1.22. The number of nitrogens with zero attached hydrogens (tertiary/aromatic N) is 5. The summed E-state index contributed by atoms with van der Waals surface area (Å²) in [5.41, 5.74) is 3.58. The van der Waals surface area contributed by atoms with E-state index in [0.29, 0.717) is 44.1 Å². The fourth-order valence-electron chi connectivity index (χ4n) is 5.22. The van der Waals surface area contributed by atoms with Gasteiger partial charge in [0.05, 0.1) is 18.9 Å². The second kappa shape index (κ2) is 12.9. The smallest absolute Gasteiger partial charge is 0.254 e. The van der Waals surface area contributed by atoms with Crippen molar-refractivity contribution in [3.8, 4) is 17.0 Å². The molecule has 5 rings (SSSR count). The molecule has 0 spiro atoms. The molecule has 3 heterocycles. The molecule has 2 fully saturated rings. The fraction of sp³-hybridized carbons (Fsp3) is 0.419. The number of carbonyl (C=O) groups is 2. The highest BCUT2D eigenvalue weighted by Crippen LogP contribution is 2.21. The molecule has 2 aromatic carbocycles. The van der Waals surface area contributed by atoms with E-state index in [1.807, 2.05) is 17.0 Å². The maximum Gasteiger partial charge on any atom is 0.254 e. The van der Waals surface area contributed by atoms with Crippen LogP contribution in [0.3, 0.4) is 0 Å². The topological polar surface area (TPSA) is 88.1 Å². The van der Waals surface area contributed by atoms with E-state index < -0.39 is 0 Å². The lowest BCUT2D eigenvalue weighted by Crippen LogP contribution is -2.46. The van der Waals surface area contributed by atoms with E-state index >= 15 is 0 Å². The average molecular weight is 544 g/mol. The fourth-order valence-corrected chi connectivity index (χ4v) is 5.22. The molecule has 0 aliphatic carbocycles. The van der Waals surface area contributed by atoms with Gasteiger partial charge in [0.1, 0.15) is 12.3 Å². The van der Waals surface area contributed by atoms with Gasteiger partial charge in [-0.25, -0.2) is 0 Å². The lowest BCUT2D eigenvalue weighted by atomic mass is 10.1. The zero-order valence-electron chi connectivity index (χ0n) is 23.3. The third-order valence-corrected chi connectivity index (χ3v) is 7.55. The molecule has 2 aliphatic rings. The first-order chi connectivity index (χ1) is 19.5. The molecular weight excluding hydrogens is 506 g/mol. The molecule has 2 saturated heterocycles. The number of rotatable bonds is 8. The van der Waals surface area contributed by atoms with Crippen molar-refractivity contribution >= 4 is 17.6 Å². The van der Waals surface area contributed by atoms with E-state index in [1.54, 1.807) is 36.3 Å². The molecule has 1 unspecified atom stereocenters. The maximum atomic E-state index is 13.5. The summed E-state index contributed by atoms with van der Waals surface area (Å²) in [6.45, 7) is 5.78. The van der Waals surface area contributed by atoms with Gasteiger partial charge in [-0.1, -0.05) is 35.9 Å². The molecule has 2 aliphatic heterocycles. The standard InChI is InChI=1S/C31H37N5O4/c1-23-9-11-24(12-10-23)28-13-14-29(33-32-28)34-15-5-16-35(18-17-34)30(37)22-36(21-27-8-4-19-40-27)31(38)25-6-3-7-26(20-25)39-2/h3,6-7,9-14,20,27H,4-5,8,15-19,21-22H2,1-2H3. The Morgan fingerprint density at radius 1 is 1.00 bits per heavy atom. The van der Waals surface area contributed by atoms with Crippen LogP contribution in [0.2, 0.25) is 0 Å². The van der Waals surface area contributed by atoms with Gasteiger partial charge in [-0.05, 0) is 56.5 Å². The molecule has 1 atom stereocenters. The zero-order chi connectivity index (χ0) is 27.9. The monoisotopic (exact) mass is 543 g/mol. The average Bonchev–Trinajstić information content (AvgIpc) is 3.38. The molecule has 2 amide bonds. The van der Waals surface area contributed by atoms with Crippen LogP contribution in [0.25, 0.3) is 11.3 Å². The number of benzene rings is 2. The molecule has 9 heteroatoms. The number of methoxy groups -OCH3 is 1. The van der Waals surface area contributed by atoms with E-state index in [9.17, 15) is 9.59 Å². The highest BCUT2D eigenvalue weighted by Gasteiger charge is 2.28. The number of carbonyl (C=O) groups excluding carboxylic acids is 2. The minimum atomic E-state index is -0.192. The van der Waals surface area contributed by atoms with Crippen LogP contribution in [0.5, 0.6) is 5.75 Å². The van der Waals surface area contributed by atoms with Gasteiger partial charge in [0.2, 0.25) is 5.91 Å². The number of aryl methyl sites for hydroxylation is 1. The van der Waals surface area contributed by atoms with Gasteiger partial charge in [0.25, 0.3) is 5.91 Å². The van der Waals surface area contributed by atoms with Crippen LogP contribution in [0, 0.1) is 6.92 Å². The van der Waals surface area contributed by atoms with Crippen LogP contribution in [-0.4, -0.2) is 90.9 Å². The van der Waals surface area contributed by atoms with Crippen molar-refractivity contribution in [2.75, 3.05) is 57.9 Å². The van der Waals surface area contributed by atoms with Crippen molar-refractivity contribution in [1.29, 1.82) is 0 Å². The summed E-state index contributed by atoms with van der Waals surface area (Å²) >= 11 is 0. The molecule has 0 bridgehead atoms. The molecule has 0 N–H and O–H groups in total. The minimum Gasteiger partial charge on any atom is -0.497 e. The van der Waals surface area contributed by atoms with E-state index in [2.05, 4.69) is 46.3 Å². The maximum absolute atomic E-state index is 13.5. The van der Waals surface area contributed by atoms with Gasteiger partial charge in [-0.15, -0.1) is 10.2 Å². The third kappa shape index (κ3) is 6.77. The third-order valence-electron chi connectivity index (χ3n) is 7.55. The number of amides is 2. The molecule has 9 nitrogen and oxygen atoms in total. The van der Waals surface area contributed by atoms with E-state index in [4.69, 9.17) is 9.47 Å². The Morgan fingerprint density at radius 2 is 1.85 bits per heavy atom. The SMILES string of the molecule is COc1cccc(C(=O)N(CC(=O)N2CCCN(c3ccc(-c4ccc(C)cc4)nn3)CC2)CC2CCCO2)c1. The molecule has 40 heavy (non-hydrogen) atoms. The van der Waals surface area contributed by atoms with E-state index in [0.717, 1.165) is 42.9 Å². The Morgan fingerprint density at radius 3 is 2.58 bits per heavy atom. The Bertz CT molecular complexity index is 1290. The first-order valence-corrected chi connectivity index (χ1v) is 14.0. The number of anilines is 1. The van der Waals surface area contributed by atoms with Crippen LogP contribution < -0.4 is 9.64 Å². The van der Waals surface area contributed by atoms with Crippen molar-refractivity contribution in [1.82, 2.24) is 20.0 Å². The number of hydrogen-bond donors (Lipinski definition) is 0. The Kier molecular flexibility index (Phi) is 8.91. The Hall–Kier alpha value is -3.98. The second-order valence-electron chi connectivity index (χ2n) is 10.4. The van der Waals surface area contributed by atoms with Gasteiger partial charge in [-0.3, -0.25) is 9.59 Å². The molecule has 1 aromatic heterocycles. The second-order valence-corrected chi connectivity index (χ2v) is 10.4. The van der Waals surface area contributed by atoms with Gasteiger partial charge >= 0.3 is 0 Å². The molecule has 210 valence electrons. The zero-order valence-corrected chi connectivity index (χ0v) is 23.3. The van der Waals surface area contributed by atoms with Crippen molar-refractivity contribution < 1.29 is 19.1 Å². The summed E-state index contributed by atoms with van der Waals surface area (Å²) in [5, 5.41) is 8.93. The van der Waals surface area contributed by atoms with Crippen molar-refractivity contribution in [2.24, 2.45) is 0 Å². The van der Waals surface area contributed by atoms with Crippen molar-refractivity contribution in [2.45, 2.75) is 32.3 Å². The summed E-state index contributed by atoms with van der Waals surface area (Å²) in [7, 11) is 1.57. The summed E-state index contributed by atoms with van der Waals surface area (Å²) in [6.07, 6.45) is 2.61. The van der Waals surface area contributed by atoms with Crippen LogP contribution in [-0.2, 0) is 9.53 Å². The molecule has 0 radical (unpaired) electrons. The minimum absolute atomic E-state index is 0.0148. The quantitative estimate of drug-likeness (QED) is 0.427. The number of ether oxygens (including phenoxy) is 2. The predicted molar refractivity (Wildman–Crippen MR) is 153 cm³/mol. The van der Waals surface area contributed by atoms with Gasteiger partial charge < -0.3 is 24.2 Å². The van der Waals surface area contributed by atoms with Crippen molar-refractivity contribution in [3.63, 3.8) is 0 Å². The molecule has 0 saturated carbocycles. The van der Waals surface area contributed by atoms with Crippen LogP contribution in [0.1, 0.15) is 35.2 Å². The van der Waals surface area contributed by atoms with Gasteiger partial charge in [-0.2, -0.15) is 0 Å². The summed E-state index contributed by atoms with van der Waals surface area (Å²) in [4.78, 5) is 32.6. The first kappa shape index (κ1) is 27.6. The summed E-state index contributed by atoms with van der Waals surface area (Å²) in [6, 6.07) is 19.3. The number of hydrogen-bond acceptors (Lipinski definition) is 7. The van der Waals surface area contributed by atoms with E-state index in [-0.39, 0.29) is 24.5 Å². The lowest BCUT2D eigenvalue weighted by Gasteiger charge is -2.28. The van der Waals surface area contributed by atoms with Gasteiger partial charge in [0, 0.05) is 50.5 Å². The summed E-state index contributed by atoms with van der Waals surface area (Å²) in [5.74, 6) is 1.16.